The predicted molar refractivity (Wildman–Crippen MR) is 70.9 cm³/mol. The molecule has 0 spiro atoms. The van der Waals surface area contributed by atoms with Crippen LogP contribution in [0, 0.1) is 5.92 Å². The van der Waals surface area contributed by atoms with E-state index in [4.69, 9.17) is 5.73 Å². The monoisotopic (exact) mass is 241 g/mol. The number of amides is 2. The van der Waals surface area contributed by atoms with E-state index in [0.717, 1.165) is 38.9 Å². The number of nitrogens with two attached hydrogens (primary N) is 1. The lowest BCUT2D eigenvalue weighted by Gasteiger charge is -2.35. The Morgan fingerprint density at radius 2 is 2.24 bits per heavy atom. The van der Waals surface area contributed by atoms with Gasteiger partial charge in [-0.15, -0.1) is 0 Å². The van der Waals surface area contributed by atoms with E-state index >= 15 is 0 Å². The molecule has 1 aliphatic rings. The van der Waals surface area contributed by atoms with Gasteiger partial charge in [0.05, 0.1) is 0 Å². The minimum Gasteiger partial charge on any atom is -0.329 e. The number of carbonyl (C=O) groups excluding carboxylic acids is 1. The van der Waals surface area contributed by atoms with Crippen molar-refractivity contribution >= 4 is 6.03 Å². The van der Waals surface area contributed by atoms with Crippen LogP contribution in [-0.4, -0.2) is 48.6 Å². The molecular formula is C13H27N3O. The van der Waals surface area contributed by atoms with Gasteiger partial charge >= 0.3 is 6.03 Å². The Morgan fingerprint density at radius 3 is 2.82 bits per heavy atom. The van der Waals surface area contributed by atoms with E-state index in [0.29, 0.717) is 19.0 Å². The number of piperidine rings is 1. The summed E-state index contributed by atoms with van der Waals surface area (Å²) < 4.78 is 0. The summed E-state index contributed by atoms with van der Waals surface area (Å²) in [6, 6.07) is 0.190. The molecule has 0 bridgehead atoms. The fourth-order valence-corrected chi connectivity index (χ4v) is 2.37. The lowest BCUT2D eigenvalue weighted by Crippen LogP contribution is -2.48. The zero-order valence-corrected chi connectivity index (χ0v) is 11.3. The van der Waals surface area contributed by atoms with Crippen molar-refractivity contribution in [2.45, 2.75) is 39.5 Å². The summed E-state index contributed by atoms with van der Waals surface area (Å²) in [5.74, 6) is 0.638. The average molecular weight is 241 g/mol. The van der Waals surface area contributed by atoms with Crippen molar-refractivity contribution in [1.82, 2.24) is 9.80 Å². The van der Waals surface area contributed by atoms with Gasteiger partial charge in [0.25, 0.3) is 0 Å². The largest absolute Gasteiger partial charge is 0.329 e. The van der Waals surface area contributed by atoms with Crippen molar-refractivity contribution in [2.24, 2.45) is 11.7 Å². The van der Waals surface area contributed by atoms with Gasteiger partial charge < -0.3 is 15.5 Å². The summed E-state index contributed by atoms with van der Waals surface area (Å²) in [5.41, 5.74) is 5.58. The number of unbranched alkanes of at least 4 members (excludes halogenated alkanes) is 1. The Balaban J connectivity index is 2.50. The molecule has 0 aromatic rings. The molecule has 1 rings (SSSR count). The van der Waals surface area contributed by atoms with Crippen LogP contribution in [0.4, 0.5) is 4.79 Å². The van der Waals surface area contributed by atoms with Crippen LogP contribution in [0.3, 0.4) is 0 Å². The molecule has 1 atom stereocenters. The second-order valence-corrected chi connectivity index (χ2v) is 5.11. The van der Waals surface area contributed by atoms with Crippen LogP contribution >= 0.6 is 0 Å². The second-order valence-electron chi connectivity index (χ2n) is 5.11. The number of likely N-dealkylation sites (tertiary alicyclic amines) is 1. The minimum atomic E-state index is 0.190. The van der Waals surface area contributed by atoms with Crippen molar-refractivity contribution in [2.75, 3.05) is 32.7 Å². The van der Waals surface area contributed by atoms with Gasteiger partial charge in [0.2, 0.25) is 0 Å². The van der Waals surface area contributed by atoms with Crippen LogP contribution in [0.25, 0.3) is 0 Å². The van der Waals surface area contributed by atoms with Crippen molar-refractivity contribution in [3.63, 3.8) is 0 Å². The van der Waals surface area contributed by atoms with Gasteiger partial charge in [-0.05, 0) is 25.2 Å². The molecule has 2 N–H and O–H groups in total. The lowest BCUT2D eigenvalue weighted by atomic mass is 10.0. The molecule has 17 heavy (non-hydrogen) atoms. The number of hydrogen-bond donors (Lipinski definition) is 1. The average Bonchev–Trinajstić information content (AvgIpc) is 2.33. The highest BCUT2D eigenvalue weighted by Gasteiger charge is 2.24. The van der Waals surface area contributed by atoms with Gasteiger partial charge in [0.1, 0.15) is 0 Å². The molecule has 100 valence electrons. The molecule has 1 fully saturated rings. The Hall–Kier alpha value is -0.770. The zero-order valence-electron chi connectivity index (χ0n) is 11.3. The van der Waals surface area contributed by atoms with Gasteiger partial charge in [-0.2, -0.15) is 0 Å². The summed E-state index contributed by atoms with van der Waals surface area (Å²) in [5, 5.41) is 0. The molecule has 1 unspecified atom stereocenters. The standard InChI is InChI=1S/C13H27N3O/c1-3-4-8-15(10-7-14)13(17)16-9-5-6-12(2)11-16/h12H,3-11,14H2,1-2H3. The van der Waals surface area contributed by atoms with E-state index in [9.17, 15) is 4.79 Å². The molecule has 1 heterocycles. The van der Waals surface area contributed by atoms with E-state index in [1.807, 2.05) is 9.80 Å². The highest BCUT2D eigenvalue weighted by Crippen LogP contribution is 2.17. The maximum Gasteiger partial charge on any atom is 0.320 e. The molecular weight excluding hydrogens is 214 g/mol. The Morgan fingerprint density at radius 1 is 1.47 bits per heavy atom. The molecule has 1 saturated heterocycles. The fraction of sp³-hybridized carbons (Fsp3) is 0.923. The summed E-state index contributed by atoms with van der Waals surface area (Å²) in [4.78, 5) is 16.3. The van der Waals surface area contributed by atoms with Gasteiger partial charge in [0, 0.05) is 32.7 Å². The molecule has 0 aromatic carbocycles. The highest BCUT2D eigenvalue weighted by atomic mass is 16.2. The van der Waals surface area contributed by atoms with Gasteiger partial charge in [0.15, 0.2) is 0 Å². The Kier molecular flexibility index (Phi) is 6.34. The first-order valence-electron chi connectivity index (χ1n) is 6.93. The van der Waals surface area contributed by atoms with Crippen LogP contribution < -0.4 is 5.73 Å². The van der Waals surface area contributed by atoms with Crippen LogP contribution in [0.1, 0.15) is 39.5 Å². The Labute approximate surface area is 105 Å². The molecule has 0 aromatic heterocycles. The van der Waals surface area contributed by atoms with E-state index in [1.165, 1.54) is 6.42 Å². The molecule has 0 saturated carbocycles. The number of rotatable bonds is 5. The van der Waals surface area contributed by atoms with Crippen molar-refractivity contribution in [1.29, 1.82) is 0 Å². The van der Waals surface area contributed by atoms with Crippen molar-refractivity contribution < 1.29 is 4.79 Å². The lowest BCUT2D eigenvalue weighted by molar-refractivity contribution is 0.131. The molecule has 0 aliphatic carbocycles. The fourth-order valence-electron chi connectivity index (χ4n) is 2.37. The smallest absolute Gasteiger partial charge is 0.320 e. The third kappa shape index (κ3) is 4.54. The third-order valence-corrected chi connectivity index (χ3v) is 3.38. The minimum absolute atomic E-state index is 0.190. The first kappa shape index (κ1) is 14.3. The molecule has 2 amide bonds. The number of hydrogen-bond acceptors (Lipinski definition) is 2. The molecule has 4 nitrogen and oxygen atoms in total. The van der Waals surface area contributed by atoms with E-state index in [2.05, 4.69) is 13.8 Å². The maximum atomic E-state index is 12.3. The van der Waals surface area contributed by atoms with Crippen molar-refractivity contribution in [3.8, 4) is 0 Å². The zero-order chi connectivity index (χ0) is 12.7. The summed E-state index contributed by atoms with van der Waals surface area (Å²) in [6.07, 6.45) is 4.56. The van der Waals surface area contributed by atoms with E-state index < -0.39 is 0 Å². The van der Waals surface area contributed by atoms with Crippen molar-refractivity contribution in [3.05, 3.63) is 0 Å². The van der Waals surface area contributed by atoms with Crippen LogP contribution in [0.2, 0.25) is 0 Å². The van der Waals surface area contributed by atoms with Gasteiger partial charge in [-0.1, -0.05) is 20.3 Å². The molecule has 4 heteroatoms. The topological polar surface area (TPSA) is 49.6 Å². The number of nitrogens with zero attached hydrogens (tertiary/aromatic N) is 2. The number of urea groups is 1. The number of carbonyl (C=O) groups is 1. The third-order valence-electron chi connectivity index (χ3n) is 3.38. The molecule has 1 aliphatic heterocycles. The Bertz CT molecular complexity index is 233. The second kappa shape index (κ2) is 7.54. The summed E-state index contributed by atoms with van der Waals surface area (Å²) >= 11 is 0. The maximum absolute atomic E-state index is 12.3. The predicted octanol–water partition coefficient (Wildman–Crippen LogP) is 1.90. The quantitative estimate of drug-likeness (QED) is 0.799. The first-order valence-corrected chi connectivity index (χ1v) is 6.93. The van der Waals surface area contributed by atoms with Crippen LogP contribution in [-0.2, 0) is 0 Å². The van der Waals surface area contributed by atoms with E-state index in [-0.39, 0.29) is 6.03 Å². The van der Waals surface area contributed by atoms with Crippen LogP contribution in [0.5, 0.6) is 0 Å². The van der Waals surface area contributed by atoms with Crippen LogP contribution in [0.15, 0.2) is 0 Å². The van der Waals surface area contributed by atoms with Gasteiger partial charge in [-0.25, -0.2) is 4.79 Å². The first-order chi connectivity index (χ1) is 8.19. The molecule has 0 radical (unpaired) electrons. The SMILES string of the molecule is CCCCN(CCN)C(=O)N1CCCC(C)C1. The summed E-state index contributed by atoms with van der Waals surface area (Å²) in [7, 11) is 0. The highest BCUT2D eigenvalue weighted by molar-refractivity contribution is 5.74. The summed E-state index contributed by atoms with van der Waals surface area (Å²) in [6.45, 7) is 8.27. The van der Waals surface area contributed by atoms with Gasteiger partial charge in [-0.3, -0.25) is 0 Å². The normalized spacial score (nSPS) is 20.4. The van der Waals surface area contributed by atoms with E-state index in [1.54, 1.807) is 0 Å².